The summed E-state index contributed by atoms with van der Waals surface area (Å²) in [6.07, 6.45) is 7.72. The van der Waals surface area contributed by atoms with Crippen LogP contribution in [0.2, 0.25) is 0 Å². The largest absolute Gasteiger partial charge is 0.508 e. The summed E-state index contributed by atoms with van der Waals surface area (Å²) in [5, 5.41) is 9.71. The summed E-state index contributed by atoms with van der Waals surface area (Å²) in [6.45, 7) is 6.18. The third kappa shape index (κ3) is 4.45. The highest BCUT2D eigenvalue weighted by Crippen LogP contribution is 2.33. The van der Waals surface area contributed by atoms with Gasteiger partial charge in [0.25, 0.3) is 0 Å². The summed E-state index contributed by atoms with van der Waals surface area (Å²) >= 11 is 0. The third-order valence-corrected chi connectivity index (χ3v) is 3.69. The van der Waals surface area contributed by atoms with Crippen LogP contribution in [0.3, 0.4) is 0 Å². The molecule has 1 N–H and O–H groups in total. The lowest BCUT2D eigenvalue weighted by Gasteiger charge is -2.26. The van der Waals surface area contributed by atoms with Gasteiger partial charge in [0.15, 0.2) is 0 Å². The van der Waals surface area contributed by atoms with Crippen molar-refractivity contribution in [1.29, 1.82) is 0 Å². The van der Waals surface area contributed by atoms with E-state index in [0.29, 0.717) is 5.75 Å². The summed E-state index contributed by atoms with van der Waals surface area (Å²) in [4.78, 5) is 0. The first-order chi connectivity index (χ1) is 8.94. The molecule has 0 unspecified atom stereocenters. The molecule has 1 aromatic carbocycles. The maximum Gasteiger partial charge on any atom is 0.123 e. The zero-order valence-corrected chi connectivity index (χ0v) is 12.4. The van der Waals surface area contributed by atoms with E-state index in [1.807, 2.05) is 12.1 Å². The fourth-order valence-electron chi connectivity index (χ4n) is 2.86. The quantitative estimate of drug-likeness (QED) is 0.856. The van der Waals surface area contributed by atoms with E-state index in [4.69, 9.17) is 4.74 Å². The van der Waals surface area contributed by atoms with Crippen molar-refractivity contribution in [2.24, 2.45) is 5.92 Å². The van der Waals surface area contributed by atoms with Gasteiger partial charge in [-0.05, 0) is 56.9 Å². The predicted molar refractivity (Wildman–Crippen MR) is 78.8 cm³/mol. The highest BCUT2D eigenvalue weighted by molar-refractivity contribution is 5.40. The summed E-state index contributed by atoms with van der Waals surface area (Å²) in [5.41, 5.74) is 0.958. The van der Waals surface area contributed by atoms with Crippen molar-refractivity contribution in [2.45, 2.75) is 64.9 Å². The fourth-order valence-corrected chi connectivity index (χ4v) is 2.86. The molecule has 0 saturated heterocycles. The standard InChI is InChI=1S/C17H26O2/c1-17(2,3)19-16-10-9-15(18)12-14(16)11-13-7-5-4-6-8-13/h9-10,12-13,18H,4-8,11H2,1-3H3. The van der Waals surface area contributed by atoms with E-state index in [1.165, 1.54) is 32.1 Å². The molecule has 19 heavy (non-hydrogen) atoms. The van der Waals surface area contributed by atoms with Crippen LogP contribution in [0, 0.1) is 5.92 Å². The molecule has 1 saturated carbocycles. The van der Waals surface area contributed by atoms with Gasteiger partial charge in [-0.25, -0.2) is 0 Å². The minimum absolute atomic E-state index is 0.196. The Bertz CT molecular complexity index is 412. The number of hydrogen-bond donors (Lipinski definition) is 1. The highest BCUT2D eigenvalue weighted by atomic mass is 16.5. The monoisotopic (exact) mass is 262 g/mol. The summed E-state index contributed by atoms with van der Waals surface area (Å²) < 4.78 is 6.02. The third-order valence-electron chi connectivity index (χ3n) is 3.69. The molecule has 0 bridgehead atoms. The van der Waals surface area contributed by atoms with Crippen LogP contribution in [0.15, 0.2) is 18.2 Å². The zero-order valence-electron chi connectivity index (χ0n) is 12.4. The van der Waals surface area contributed by atoms with Gasteiger partial charge >= 0.3 is 0 Å². The van der Waals surface area contributed by atoms with Gasteiger partial charge in [-0.2, -0.15) is 0 Å². The molecule has 1 aromatic rings. The SMILES string of the molecule is CC(C)(C)Oc1ccc(O)cc1CC1CCCCC1. The Morgan fingerprint density at radius 1 is 1.16 bits per heavy atom. The van der Waals surface area contributed by atoms with Gasteiger partial charge in [0.2, 0.25) is 0 Å². The van der Waals surface area contributed by atoms with E-state index >= 15 is 0 Å². The summed E-state index contributed by atoms with van der Waals surface area (Å²) in [6, 6.07) is 5.49. The molecule has 1 aliphatic rings. The Morgan fingerprint density at radius 3 is 2.47 bits per heavy atom. The zero-order chi connectivity index (χ0) is 13.9. The summed E-state index contributed by atoms with van der Waals surface area (Å²) in [5.74, 6) is 2.01. The number of benzene rings is 1. The first kappa shape index (κ1) is 14.2. The molecule has 0 amide bonds. The predicted octanol–water partition coefficient (Wildman–Crippen LogP) is 4.69. The second-order valence-corrected chi connectivity index (χ2v) is 6.71. The van der Waals surface area contributed by atoms with Crippen LogP contribution < -0.4 is 4.74 Å². The van der Waals surface area contributed by atoms with Gasteiger partial charge in [0, 0.05) is 0 Å². The smallest absolute Gasteiger partial charge is 0.123 e. The lowest BCUT2D eigenvalue weighted by Crippen LogP contribution is -2.24. The Hall–Kier alpha value is -1.18. The van der Waals surface area contributed by atoms with Crippen molar-refractivity contribution < 1.29 is 9.84 Å². The molecule has 1 aliphatic carbocycles. The lowest BCUT2D eigenvalue weighted by atomic mass is 9.84. The molecule has 0 atom stereocenters. The number of phenols is 1. The lowest BCUT2D eigenvalue weighted by molar-refractivity contribution is 0.128. The molecule has 1 fully saturated rings. The second-order valence-electron chi connectivity index (χ2n) is 6.71. The van der Waals surface area contributed by atoms with Crippen LogP contribution >= 0.6 is 0 Å². The number of rotatable bonds is 3. The Labute approximate surface area is 116 Å². The average molecular weight is 262 g/mol. The first-order valence-corrected chi connectivity index (χ1v) is 7.45. The minimum Gasteiger partial charge on any atom is -0.508 e. The topological polar surface area (TPSA) is 29.5 Å². The van der Waals surface area contributed by atoms with Crippen LogP contribution in [-0.2, 0) is 6.42 Å². The molecule has 0 heterocycles. The van der Waals surface area contributed by atoms with E-state index < -0.39 is 0 Å². The molecular weight excluding hydrogens is 236 g/mol. The van der Waals surface area contributed by atoms with Crippen molar-refractivity contribution in [2.75, 3.05) is 0 Å². The Morgan fingerprint density at radius 2 is 1.84 bits per heavy atom. The Balaban J connectivity index is 2.14. The van der Waals surface area contributed by atoms with Gasteiger partial charge in [0.1, 0.15) is 17.1 Å². The van der Waals surface area contributed by atoms with E-state index in [1.54, 1.807) is 6.07 Å². The molecular formula is C17H26O2. The molecule has 106 valence electrons. The van der Waals surface area contributed by atoms with Crippen molar-refractivity contribution >= 4 is 0 Å². The average Bonchev–Trinajstić information content (AvgIpc) is 2.32. The van der Waals surface area contributed by atoms with E-state index in [9.17, 15) is 5.11 Å². The minimum atomic E-state index is -0.196. The summed E-state index contributed by atoms with van der Waals surface area (Å²) in [7, 11) is 0. The van der Waals surface area contributed by atoms with Crippen LogP contribution in [0.4, 0.5) is 0 Å². The van der Waals surface area contributed by atoms with E-state index in [0.717, 1.165) is 23.7 Å². The molecule has 2 nitrogen and oxygen atoms in total. The second kappa shape index (κ2) is 5.85. The van der Waals surface area contributed by atoms with Gasteiger partial charge in [0.05, 0.1) is 0 Å². The number of aromatic hydroxyl groups is 1. The van der Waals surface area contributed by atoms with E-state index in [-0.39, 0.29) is 5.60 Å². The van der Waals surface area contributed by atoms with Gasteiger partial charge < -0.3 is 9.84 Å². The van der Waals surface area contributed by atoms with Gasteiger partial charge in [-0.15, -0.1) is 0 Å². The number of hydrogen-bond acceptors (Lipinski definition) is 2. The normalized spacial score (nSPS) is 17.4. The molecule has 0 spiro atoms. The van der Waals surface area contributed by atoms with Crippen LogP contribution in [0.5, 0.6) is 11.5 Å². The van der Waals surface area contributed by atoms with Crippen LogP contribution in [0.1, 0.15) is 58.4 Å². The van der Waals surface area contributed by atoms with E-state index in [2.05, 4.69) is 20.8 Å². The van der Waals surface area contributed by atoms with Crippen molar-refractivity contribution in [1.82, 2.24) is 0 Å². The van der Waals surface area contributed by atoms with Crippen molar-refractivity contribution in [3.63, 3.8) is 0 Å². The van der Waals surface area contributed by atoms with Crippen LogP contribution in [0.25, 0.3) is 0 Å². The molecule has 2 heteroatoms. The number of phenolic OH excluding ortho intramolecular Hbond substituents is 1. The first-order valence-electron chi connectivity index (χ1n) is 7.45. The fraction of sp³-hybridized carbons (Fsp3) is 0.647. The van der Waals surface area contributed by atoms with Crippen molar-refractivity contribution in [3.8, 4) is 11.5 Å². The molecule has 2 rings (SSSR count). The van der Waals surface area contributed by atoms with Gasteiger partial charge in [-0.3, -0.25) is 0 Å². The maximum atomic E-state index is 9.71. The number of ether oxygens (including phenoxy) is 1. The van der Waals surface area contributed by atoms with Crippen molar-refractivity contribution in [3.05, 3.63) is 23.8 Å². The Kier molecular flexibility index (Phi) is 4.38. The maximum absolute atomic E-state index is 9.71. The molecule has 0 aromatic heterocycles. The van der Waals surface area contributed by atoms with Crippen LogP contribution in [-0.4, -0.2) is 10.7 Å². The molecule has 0 radical (unpaired) electrons. The van der Waals surface area contributed by atoms with Gasteiger partial charge in [-0.1, -0.05) is 32.1 Å². The molecule has 0 aliphatic heterocycles. The highest BCUT2D eigenvalue weighted by Gasteiger charge is 2.19.